The highest BCUT2D eigenvalue weighted by atomic mass is 35.5. The van der Waals surface area contributed by atoms with Gasteiger partial charge in [-0.25, -0.2) is 4.39 Å². The predicted molar refractivity (Wildman–Crippen MR) is 86.7 cm³/mol. The number of rotatable bonds is 7. The zero-order valence-electron chi connectivity index (χ0n) is 12.1. The van der Waals surface area contributed by atoms with Crippen molar-refractivity contribution in [2.75, 3.05) is 13.2 Å². The van der Waals surface area contributed by atoms with Gasteiger partial charge in [0.15, 0.2) is 0 Å². The summed E-state index contributed by atoms with van der Waals surface area (Å²) in [6.07, 6.45) is 0.894. The van der Waals surface area contributed by atoms with Crippen LogP contribution in [0.15, 0.2) is 48.5 Å². The van der Waals surface area contributed by atoms with Gasteiger partial charge < -0.3 is 10.1 Å². The van der Waals surface area contributed by atoms with E-state index in [1.54, 1.807) is 0 Å². The first-order chi connectivity index (χ1) is 9.78. The highest BCUT2D eigenvalue weighted by molar-refractivity contribution is 5.85. The maximum Gasteiger partial charge on any atom is 0.123 e. The molecular formula is C17H21ClFNO. The maximum atomic E-state index is 12.8. The van der Waals surface area contributed by atoms with Gasteiger partial charge in [-0.1, -0.05) is 24.3 Å². The van der Waals surface area contributed by atoms with Crippen molar-refractivity contribution < 1.29 is 9.13 Å². The Hall–Kier alpha value is -1.58. The monoisotopic (exact) mass is 309 g/mol. The van der Waals surface area contributed by atoms with E-state index in [2.05, 4.69) is 11.4 Å². The third-order valence-electron chi connectivity index (χ3n) is 3.04. The third kappa shape index (κ3) is 6.15. The molecule has 1 N–H and O–H groups in total. The molecule has 0 radical (unpaired) electrons. The van der Waals surface area contributed by atoms with Gasteiger partial charge in [0, 0.05) is 6.54 Å². The molecule has 0 aromatic heterocycles. The lowest BCUT2D eigenvalue weighted by atomic mass is 10.1. The molecule has 21 heavy (non-hydrogen) atoms. The van der Waals surface area contributed by atoms with Crippen LogP contribution in [0, 0.1) is 5.82 Å². The van der Waals surface area contributed by atoms with Crippen LogP contribution in [0.2, 0.25) is 0 Å². The fourth-order valence-electron chi connectivity index (χ4n) is 2.03. The molecule has 4 heteroatoms. The average Bonchev–Trinajstić information content (AvgIpc) is 2.46. The molecule has 2 nitrogen and oxygen atoms in total. The molecule has 0 fully saturated rings. The molecule has 0 bridgehead atoms. The molecule has 0 amide bonds. The molecule has 0 saturated heterocycles. The first-order valence-corrected chi connectivity index (χ1v) is 6.95. The zero-order chi connectivity index (χ0) is 14.2. The molecular weight excluding hydrogens is 289 g/mol. The smallest absolute Gasteiger partial charge is 0.123 e. The number of hydrogen-bond donors (Lipinski definition) is 1. The number of halogens is 2. The van der Waals surface area contributed by atoms with Gasteiger partial charge in [-0.2, -0.15) is 0 Å². The minimum absolute atomic E-state index is 0. The van der Waals surface area contributed by atoms with E-state index in [9.17, 15) is 4.39 Å². The second kappa shape index (κ2) is 9.37. The molecule has 0 aliphatic rings. The van der Waals surface area contributed by atoms with Gasteiger partial charge in [-0.05, 0) is 55.3 Å². The molecule has 0 aliphatic carbocycles. The second-order valence-corrected chi connectivity index (χ2v) is 4.63. The molecule has 2 rings (SSSR count). The van der Waals surface area contributed by atoms with Gasteiger partial charge in [0.1, 0.15) is 11.6 Å². The quantitative estimate of drug-likeness (QED) is 0.781. The van der Waals surface area contributed by atoms with Crippen LogP contribution in [0.25, 0.3) is 0 Å². The summed E-state index contributed by atoms with van der Waals surface area (Å²) in [7, 11) is 0. The summed E-state index contributed by atoms with van der Waals surface area (Å²) in [5.41, 5.74) is 2.34. The summed E-state index contributed by atoms with van der Waals surface area (Å²) < 4.78 is 18.2. The fourth-order valence-corrected chi connectivity index (χ4v) is 2.03. The van der Waals surface area contributed by atoms with Gasteiger partial charge in [0.05, 0.1) is 6.61 Å². The molecule has 0 spiro atoms. The Bertz CT molecular complexity index is 531. The highest BCUT2D eigenvalue weighted by Crippen LogP contribution is 2.13. The van der Waals surface area contributed by atoms with Gasteiger partial charge in [-0.3, -0.25) is 0 Å². The molecule has 0 aliphatic heterocycles. The largest absolute Gasteiger partial charge is 0.494 e. The Morgan fingerprint density at radius 1 is 1.05 bits per heavy atom. The fraction of sp³-hybridized carbons (Fsp3) is 0.294. The molecule has 0 heterocycles. The minimum atomic E-state index is -0.186. The Morgan fingerprint density at radius 3 is 2.52 bits per heavy atom. The van der Waals surface area contributed by atoms with E-state index < -0.39 is 0 Å². The van der Waals surface area contributed by atoms with Crippen LogP contribution in [0.3, 0.4) is 0 Å². The van der Waals surface area contributed by atoms with Crippen molar-refractivity contribution in [1.82, 2.24) is 5.32 Å². The summed E-state index contributed by atoms with van der Waals surface area (Å²) in [6.45, 7) is 4.33. The van der Waals surface area contributed by atoms with E-state index in [1.807, 2.05) is 37.3 Å². The Balaban J connectivity index is 0.00000220. The van der Waals surface area contributed by atoms with Crippen LogP contribution in [-0.2, 0) is 13.0 Å². The number of benzene rings is 2. The van der Waals surface area contributed by atoms with Crippen LogP contribution < -0.4 is 10.1 Å². The number of nitrogens with one attached hydrogen (secondary N) is 1. The predicted octanol–water partition coefficient (Wildman–Crippen LogP) is 3.98. The second-order valence-electron chi connectivity index (χ2n) is 4.63. The standard InChI is InChI=1S/C17H20FNO.ClH/c1-2-20-17-5-3-4-15(12-17)13-19-11-10-14-6-8-16(18)9-7-14;/h3-9,12,19H,2,10-11,13H2,1H3;1H. The van der Waals surface area contributed by atoms with Crippen molar-refractivity contribution in [3.8, 4) is 5.75 Å². The van der Waals surface area contributed by atoms with Crippen LogP contribution in [0.5, 0.6) is 5.75 Å². The number of hydrogen-bond acceptors (Lipinski definition) is 2. The van der Waals surface area contributed by atoms with E-state index in [4.69, 9.17) is 4.74 Å². The average molecular weight is 310 g/mol. The Morgan fingerprint density at radius 2 is 1.81 bits per heavy atom. The van der Waals surface area contributed by atoms with Crippen molar-refractivity contribution in [3.63, 3.8) is 0 Å². The SMILES string of the molecule is CCOc1cccc(CNCCc2ccc(F)cc2)c1.Cl. The van der Waals surface area contributed by atoms with Crippen molar-refractivity contribution in [2.45, 2.75) is 19.9 Å². The van der Waals surface area contributed by atoms with E-state index in [1.165, 1.54) is 17.7 Å². The van der Waals surface area contributed by atoms with E-state index in [-0.39, 0.29) is 18.2 Å². The minimum Gasteiger partial charge on any atom is -0.494 e. The topological polar surface area (TPSA) is 21.3 Å². The zero-order valence-corrected chi connectivity index (χ0v) is 13.0. The Labute approximate surface area is 131 Å². The first kappa shape index (κ1) is 17.5. The van der Waals surface area contributed by atoms with Crippen LogP contribution >= 0.6 is 12.4 Å². The van der Waals surface area contributed by atoms with Crippen LogP contribution in [-0.4, -0.2) is 13.2 Å². The summed E-state index contributed by atoms with van der Waals surface area (Å²) in [5.74, 6) is 0.722. The van der Waals surface area contributed by atoms with E-state index in [0.29, 0.717) is 6.61 Å². The molecule has 0 unspecified atom stereocenters. The molecule has 114 valence electrons. The molecule has 2 aromatic carbocycles. The van der Waals surface area contributed by atoms with Crippen molar-refractivity contribution in [2.24, 2.45) is 0 Å². The Kier molecular flexibility index (Phi) is 7.80. The first-order valence-electron chi connectivity index (χ1n) is 6.95. The summed E-state index contributed by atoms with van der Waals surface area (Å²) in [6, 6.07) is 14.7. The van der Waals surface area contributed by atoms with Crippen molar-refractivity contribution >= 4 is 12.4 Å². The van der Waals surface area contributed by atoms with Crippen LogP contribution in [0.1, 0.15) is 18.1 Å². The number of ether oxygens (including phenoxy) is 1. The van der Waals surface area contributed by atoms with Crippen molar-refractivity contribution in [3.05, 3.63) is 65.5 Å². The van der Waals surface area contributed by atoms with E-state index >= 15 is 0 Å². The summed E-state index contributed by atoms with van der Waals surface area (Å²) in [4.78, 5) is 0. The lowest BCUT2D eigenvalue weighted by molar-refractivity contribution is 0.340. The van der Waals surface area contributed by atoms with Crippen molar-refractivity contribution in [1.29, 1.82) is 0 Å². The van der Waals surface area contributed by atoms with Gasteiger partial charge in [0.25, 0.3) is 0 Å². The molecule has 0 saturated carbocycles. The summed E-state index contributed by atoms with van der Waals surface area (Å²) in [5, 5.41) is 3.38. The van der Waals surface area contributed by atoms with Crippen LogP contribution in [0.4, 0.5) is 4.39 Å². The van der Waals surface area contributed by atoms with Gasteiger partial charge in [0.2, 0.25) is 0 Å². The molecule has 0 atom stereocenters. The van der Waals surface area contributed by atoms with Gasteiger partial charge in [-0.15, -0.1) is 12.4 Å². The van der Waals surface area contributed by atoms with Gasteiger partial charge >= 0.3 is 0 Å². The lowest BCUT2D eigenvalue weighted by Crippen LogP contribution is -2.16. The lowest BCUT2D eigenvalue weighted by Gasteiger charge is -2.08. The maximum absolute atomic E-state index is 12.8. The normalized spacial score (nSPS) is 10.0. The highest BCUT2D eigenvalue weighted by Gasteiger charge is 1.97. The summed E-state index contributed by atoms with van der Waals surface area (Å²) >= 11 is 0. The molecule has 2 aromatic rings. The van der Waals surface area contributed by atoms with E-state index in [0.717, 1.165) is 30.8 Å². The third-order valence-corrected chi connectivity index (χ3v) is 3.04.